The monoisotopic (exact) mass is 244 g/mol. The van der Waals surface area contributed by atoms with Crippen molar-refractivity contribution in [2.24, 2.45) is 0 Å². The molecule has 0 aliphatic carbocycles. The van der Waals surface area contributed by atoms with Crippen LogP contribution >= 0.6 is 0 Å². The Morgan fingerprint density at radius 3 is 2.46 bits per heavy atom. The van der Waals surface area contributed by atoms with Crippen LogP contribution in [0.5, 0.6) is 0 Å². The maximum absolute atomic E-state index is 10.7. The summed E-state index contributed by atoms with van der Waals surface area (Å²) in [4.78, 5) is 10.5. The number of anilines is 1. The van der Waals surface area contributed by atoms with Crippen LogP contribution in [0, 0.1) is 0 Å². The van der Waals surface area contributed by atoms with E-state index in [0.717, 1.165) is 0 Å². The summed E-state index contributed by atoms with van der Waals surface area (Å²) in [5.41, 5.74) is 5.31. The molecule has 0 fully saturated rings. The number of nitrogen functional groups attached to an aromatic ring is 1. The number of carbonyl (C=O) groups is 1. The van der Waals surface area contributed by atoms with Gasteiger partial charge in [-0.3, -0.25) is 0 Å². The molecule has 6 heteroatoms. The van der Waals surface area contributed by atoms with Crippen molar-refractivity contribution in [2.75, 3.05) is 5.73 Å². The van der Waals surface area contributed by atoms with Crippen LogP contribution in [0.3, 0.4) is 0 Å². The molecule has 0 amide bonds. The third kappa shape index (κ3) is 2.14. The van der Waals surface area contributed by atoms with Crippen LogP contribution < -0.4 is 10.1 Å². The molecule has 4 N–H and O–H groups in total. The molecule has 1 aromatic rings. The van der Waals surface area contributed by atoms with Gasteiger partial charge in [-0.15, -0.1) is 0 Å². The van der Waals surface area contributed by atoms with Crippen molar-refractivity contribution in [2.45, 2.75) is 0 Å². The minimum absolute atomic E-state index is 0.00859. The number of carboxylic acids is 1. The Kier molecular flexibility index (Phi) is 2.80. The Balaban J connectivity index is 3.20. The van der Waals surface area contributed by atoms with E-state index in [9.17, 15) is 8.53 Å². The van der Waals surface area contributed by atoms with Gasteiger partial charge in [0, 0.05) is 0 Å². The average Bonchev–Trinajstić information content (AvgIpc) is 2.03. The van der Waals surface area contributed by atoms with Crippen molar-refractivity contribution >= 4 is 30.9 Å². The number of hydrogen-bond donors (Lipinski definition) is 3. The zero-order valence-corrected chi connectivity index (χ0v) is 8.34. The Labute approximate surface area is 78.6 Å². The van der Waals surface area contributed by atoms with E-state index >= 15 is 0 Å². The molecule has 0 aromatic heterocycles. The Hall–Kier alpha value is -1.19. The summed E-state index contributed by atoms with van der Waals surface area (Å²) in [5.74, 6) is -1.15. The number of nitrogens with two attached hydrogens (primary N) is 1. The molecule has 1 rings (SSSR count). The minimum atomic E-state index is -3.19. The van der Waals surface area contributed by atoms with Crippen molar-refractivity contribution in [3.63, 3.8) is 0 Å². The molecule has 13 heavy (non-hydrogen) atoms. The molecule has 0 saturated heterocycles. The second-order valence-electron chi connectivity index (χ2n) is 2.35. The summed E-state index contributed by atoms with van der Waals surface area (Å²) < 4.78 is 19.6. The summed E-state index contributed by atoms with van der Waals surface area (Å²) in [6.45, 7) is 0. The number of benzene rings is 1. The van der Waals surface area contributed by atoms with Crippen molar-refractivity contribution < 1.29 is 17.7 Å². The van der Waals surface area contributed by atoms with E-state index in [4.69, 9.17) is 14.9 Å². The number of hydrogen-bond acceptors (Lipinski definition) is 3. The Morgan fingerprint density at radius 1 is 1.46 bits per heavy atom. The third-order valence-corrected chi connectivity index (χ3v) is 3.00. The average molecular weight is 244 g/mol. The fraction of sp³-hybridized carbons (Fsp3) is 0. The molecule has 0 saturated carbocycles. The molecule has 1 unspecified atom stereocenters. The van der Waals surface area contributed by atoms with Gasteiger partial charge in [0.05, 0.1) is 0 Å². The van der Waals surface area contributed by atoms with Crippen LogP contribution in [0.4, 0.5) is 5.69 Å². The summed E-state index contributed by atoms with van der Waals surface area (Å²) in [6.07, 6.45) is 0. The normalized spacial score (nSPS) is 11.0. The van der Waals surface area contributed by atoms with E-state index in [2.05, 4.69) is 0 Å². The predicted molar refractivity (Wildman–Crippen MR) is 46.1 cm³/mol. The van der Waals surface area contributed by atoms with Crippen LogP contribution in [0.1, 0.15) is 10.4 Å². The zero-order valence-electron chi connectivity index (χ0n) is 6.47. The van der Waals surface area contributed by atoms with Gasteiger partial charge in [0.1, 0.15) is 0 Å². The van der Waals surface area contributed by atoms with Gasteiger partial charge in [-0.25, -0.2) is 0 Å². The third-order valence-electron chi connectivity index (χ3n) is 1.49. The van der Waals surface area contributed by atoms with Crippen LogP contribution in [-0.2, 0) is 3.74 Å². The van der Waals surface area contributed by atoms with Gasteiger partial charge in [-0.05, 0) is 0 Å². The van der Waals surface area contributed by atoms with Gasteiger partial charge in [0.2, 0.25) is 0 Å². The van der Waals surface area contributed by atoms with Crippen LogP contribution in [-0.4, -0.2) is 30.1 Å². The molecule has 0 spiro atoms. The molecule has 5 nitrogen and oxygen atoms in total. The van der Waals surface area contributed by atoms with E-state index in [0.29, 0.717) is 0 Å². The molecular weight excluding hydrogens is 237 g/mol. The van der Waals surface area contributed by atoms with Crippen LogP contribution in [0.25, 0.3) is 0 Å². The van der Waals surface area contributed by atoms with Gasteiger partial charge >= 0.3 is 78.2 Å². The summed E-state index contributed by atoms with van der Waals surface area (Å²) in [6, 6.07) is 3.74. The summed E-state index contributed by atoms with van der Waals surface area (Å²) in [5, 5.41) is 8.59. The Morgan fingerprint density at radius 2 is 2.08 bits per heavy atom. The van der Waals surface area contributed by atoms with Crippen LogP contribution in [0.2, 0.25) is 0 Å². The first kappa shape index (κ1) is 9.89. The summed E-state index contributed by atoms with van der Waals surface area (Å²) >= 11 is -3.19. The van der Waals surface area contributed by atoms with E-state index in [-0.39, 0.29) is 15.6 Å². The predicted octanol–water partition coefficient (Wildman–Crippen LogP) is -0.915. The van der Waals surface area contributed by atoms with Crippen molar-refractivity contribution in [1.82, 2.24) is 0 Å². The first-order valence-corrected chi connectivity index (χ1v) is 5.85. The molecule has 0 heterocycles. The molecule has 0 aliphatic heterocycles. The second-order valence-corrected chi connectivity index (χ2v) is 4.58. The van der Waals surface area contributed by atoms with E-state index in [1.807, 2.05) is 0 Å². The van der Waals surface area contributed by atoms with Crippen molar-refractivity contribution in [1.29, 1.82) is 0 Å². The van der Waals surface area contributed by atoms with E-state index < -0.39 is 20.9 Å². The molecule has 69 valence electrons. The maximum atomic E-state index is 10.7. The fourth-order valence-electron chi connectivity index (χ4n) is 0.864. The quantitative estimate of drug-likeness (QED) is 0.461. The number of rotatable bonds is 2. The van der Waals surface area contributed by atoms with Gasteiger partial charge in [0.15, 0.2) is 0 Å². The van der Waals surface area contributed by atoms with Crippen molar-refractivity contribution in [3.05, 3.63) is 23.8 Å². The van der Waals surface area contributed by atoms with Gasteiger partial charge < -0.3 is 0 Å². The van der Waals surface area contributed by atoms with Crippen LogP contribution in [0.15, 0.2) is 18.2 Å². The SMILES string of the molecule is Nc1cc([As](=O)O)ccc1C(=O)O. The molecule has 1 atom stereocenters. The first-order valence-electron chi connectivity index (χ1n) is 3.31. The second kappa shape index (κ2) is 3.68. The van der Waals surface area contributed by atoms with E-state index in [1.165, 1.54) is 18.2 Å². The van der Waals surface area contributed by atoms with Crippen molar-refractivity contribution in [3.8, 4) is 0 Å². The standard InChI is InChI=1S/C7H7AsNO4/c9-6-3-4(8(12)13)1-2-5(6)7(10)11/h1-3H,9H2,(H,10,11)(H,12,13). The van der Waals surface area contributed by atoms with Gasteiger partial charge in [0.25, 0.3) is 0 Å². The topological polar surface area (TPSA) is 101 Å². The number of aromatic carboxylic acids is 1. The molecular formula is C7H7AsNO4. The fourth-order valence-corrected chi connectivity index (χ4v) is 1.81. The number of carboxylic acid groups (broad SMARTS) is 1. The molecule has 1 radical (unpaired) electrons. The Bertz CT molecular complexity index is 377. The summed E-state index contributed by atoms with van der Waals surface area (Å²) in [7, 11) is 0. The van der Waals surface area contributed by atoms with E-state index in [1.54, 1.807) is 0 Å². The van der Waals surface area contributed by atoms with Gasteiger partial charge in [-0.1, -0.05) is 0 Å². The first-order chi connectivity index (χ1) is 6.02. The molecule has 1 aromatic carbocycles. The molecule has 0 aliphatic rings. The zero-order chi connectivity index (χ0) is 10.0. The molecule has 0 bridgehead atoms. The van der Waals surface area contributed by atoms with Gasteiger partial charge in [-0.2, -0.15) is 0 Å².